The Morgan fingerprint density at radius 2 is 2.11 bits per heavy atom. The number of hydrogen-bond acceptors (Lipinski definition) is 3. The Bertz CT molecular complexity index is 351. The number of carbonyl (C=O) groups excluding carboxylic acids is 2. The van der Waals surface area contributed by atoms with Gasteiger partial charge in [0.25, 0.3) is 5.91 Å². The number of hydrogen-bond donors (Lipinski definition) is 3. The van der Waals surface area contributed by atoms with Crippen molar-refractivity contribution in [3.05, 3.63) is 12.2 Å². The first-order valence-electron chi connectivity index (χ1n) is 6.86. The molecule has 0 radical (unpaired) electrons. The number of ether oxygens (including phenoxy) is 1. The van der Waals surface area contributed by atoms with Gasteiger partial charge in [-0.25, -0.2) is 10.2 Å². The smallest absolute Gasteiger partial charge is 0.333 e. The van der Waals surface area contributed by atoms with Gasteiger partial charge in [-0.1, -0.05) is 12.2 Å². The fraction of sp³-hybridized carbons (Fsp3) is 0.692. The highest BCUT2D eigenvalue weighted by Crippen LogP contribution is 2.16. The number of rotatable bonds is 3. The summed E-state index contributed by atoms with van der Waals surface area (Å²) in [5, 5.41) is 2.76. The summed E-state index contributed by atoms with van der Waals surface area (Å²) in [7, 11) is 0. The maximum absolute atomic E-state index is 11.6. The normalized spacial score (nSPS) is 25.9. The molecule has 1 aliphatic carbocycles. The number of nitrogens with one attached hydrogen (secondary N) is 3. The predicted molar refractivity (Wildman–Crippen MR) is 70.1 cm³/mol. The van der Waals surface area contributed by atoms with E-state index < -0.39 is 6.10 Å². The molecule has 3 N–H and O–H groups in total. The van der Waals surface area contributed by atoms with Gasteiger partial charge in [0.05, 0.1) is 0 Å². The van der Waals surface area contributed by atoms with Gasteiger partial charge < -0.3 is 10.1 Å². The van der Waals surface area contributed by atoms with E-state index in [-0.39, 0.29) is 11.9 Å². The van der Waals surface area contributed by atoms with Gasteiger partial charge in [0.1, 0.15) is 6.10 Å². The topological polar surface area (TPSA) is 79.5 Å². The summed E-state index contributed by atoms with van der Waals surface area (Å²) in [5.74, 6) is 0.206. The van der Waals surface area contributed by atoms with E-state index in [9.17, 15) is 9.59 Å². The van der Waals surface area contributed by atoms with Crippen molar-refractivity contribution in [1.82, 2.24) is 16.2 Å². The monoisotopic (exact) mass is 267 g/mol. The lowest BCUT2D eigenvalue weighted by molar-refractivity contribution is -0.130. The summed E-state index contributed by atoms with van der Waals surface area (Å²) >= 11 is 0. The molecule has 1 aliphatic heterocycles. The minimum atomic E-state index is -0.427. The number of allylic oxidation sites excluding steroid dienone is 2. The molecule has 19 heavy (non-hydrogen) atoms. The molecule has 6 nitrogen and oxygen atoms in total. The fourth-order valence-electron chi connectivity index (χ4n) is 2.31. The van der Waals surface area contributed by atoms with E-state index in [4.69, 9.17) is 4.74 Å². The van der Waals surface area contributed by atoms with Gasteiger partial charge in [0.15, 0.2) is 0 Å². The van der Waals surface area contributed by atoms with Crippen LogP contribution < -0.4 is 16.2 Å². The summed E-state index contributed by atoms with van der Waals surface area (Å²) in [5.41, 5.74) is 4.72. The molecule has 0 aromatic carbocycles. The minimum absolute atomic E-state index is 0.284. The molecule has 1 saturated heterocycles. The fourth-order valence-corrected chi connectivity index (χ4v) is 2.31. The molecule has 1 fully saturated rings. The number of urea groups is 1. The summed E-state index contributed by atoms with van der Waals surface area (Å²) in [6.45, 7) is 1.24. The molecule has 0 spiro atoms. The van der Waals surface area contributed by atoms with Crippen LogP contribution in [0.5, 0.6) is 0 Å². The highest BCUT2D eigenvalue weighted by molar-refractivity contribution is 5.84. The van der Waals surface area contributed by atoms with Crippen molar-refractivity contribution in [1.29, 1.82) is 0 Å². The molecular weight excluding hydrogens is 246 g/mol. The molecule has 1 heterocycles. The lowest BCUT2D eigenvalue weighted by Crippen LogP contribution is -2.50. The van der Waals surface area contributed by atoms with E-state index in [2.05, 4.69) is 28.3 Å². The molecule has 3 amide bonds. The van der Waals surface area contributed by atoms with Crippen molar-refractivity contribution in [2.24, 2.45) is 5.92 Å². The average Bonchev–Trinajstić information content (AvgIpc) is 2.98. The van der Waals surface area contributed by atoms with Gasteiger partial charge in [-0.3, -0.25) is 10.2 Å². The zero-order valence-corrected chi connectivity index (χ0v) is 11.0. The van der Waals surface area contributed by atoms with Crippen LogP contribution in [0, 0.1) is 5.92 Å². The molecule has 106 valence electrons. The zero-order valence-electron chi connectivity index (χ0n) is 11.0. The molecule has 2 atom stereocenters. The van der Waals surface area contributed by atoms with Crippen molar-refractivity contribution in [3.63, 3.8) is 0 Å². The first-order chi connectivity index (χ1) is 9.25. The van der Waals surface area contributed by atoms with Crippen molar-refractivity contribution in [2.45, 2.75) is 38.2 Å². The van der Waals surface area contributed by atoms with Gasteiger partial charge in [-0.05, 0) is 38.0 Å². The minimum Gasteiger partial charge on any atom is -0.368 e. The van der Waals surface area contributed by atoms with Crippen molar-refractivity contribution in [3.8, 4) is 0 Å². The van der Waals surface area contributed by atoms with Gasteiger partial charge in [0, 0.05) is 13.2 Å². The third-order valence-electron chi connectivity index (χ3n) is 3.45. The molecule has 0 aromatic heterocycles. The van der Waals surface area contributed by atoms with E-state index in [0.29, 0.717) is 25.5 Å². The van der Waals surface area contributed by atoms with Crippen molar-refractivity contribution in [2.75, 3.05) is 13.2 Å². The number of amides is 3. The molecule has 2 unspecified atom stereocenters. The van der Waals surface area contributed by atoms with Crippen LogP contribution >= 0.6 is 0 Å². The Labute approximate surface area is 112 Å². The molecule has 6 heteroatoms. The number of carbonyl (C=O) groups is 2. The Hall–Kier alpha value is -1.56. The van der Waals surface area contributed by atoms with E-state index in [0.717, 1.165) is 25.7 Å². The van der Waals surface area contributed by atoms with Crippen LogP contribution in [0.3, 0.4) is 0 Å². The van der Waals surface area contributed by atoms with E-state index in [1.165, 1.54) is 0 Å². The Balaban J connectivity index is 1.58. The average molecular weight is 267 g/mol. The molecule has 2 aliphatic rings. The molecule has 0 bridgehead atoms. The van der Waals surface area contributed by atoms with Gasteiger partial charge in [0.2, 0.25) is 0 Å². The highest BCUT2D eigenvalue weighted by Gasteiger charge is 2.23. The Kier molecular flexibility index (Phi) is 5.20. The summed E-state index contributed by atoms with van der Waals surface area (Å²) in [6, 6.07) is -0.374. The van der Waals surface area contributed by atoms with Crippen LogP contribution in [0.15, 0.2) is 12.2 Å². The molecular formula is C13H21N3O3. The molecule has 0 aromatic rings. The number of hydrazine groups is 1. The third-order valence-corrected chi connectivity index (χ3v) is 3.45. The molecule has 2 rings (SSSR count). The van der Waals surface area contributed by atoms with Crippen LogP contribution in [-0.2, 0) is 9.53 Å². The Morgan fingerprint density at radius 3 is 2.79 bits per heavy atom. The quantitative estimate of drug-likeness (QED) is 0.524. The lowest BCUT2D eigenvalue weighted by atomic mass is 9.94. The second-order valence-electron chi connectivity index (χ2n) is 4.98. The van der Waals surface area contributed by atoms with E-state index in [1.807, 2.05) is 0 Å². The summed E-state index contributed by atoms with van der Waals surface area (Å²) < 4.78 is 5.21. The standard InChI is InChI=1S/C13H21N3O3/c17-12(11-7-4-8-19-11)15-16-13(18)14-9-10-5-2-1-3-6-10/h1-2,10-11H,3-9H2,(H,15,17)(H2,14,16,18). The third kappa shape index (κ3) is 4.55. The zero-order chi connectivity index (χ0) is 13.5. The predicted octanol–water partition coefficient (Wildman–Crippen LogP) is 0.852. The van der Waals surface area contributed by atoms with Gasteiger partial charge in [-0.2, -0.15) is 0 Å². The second kappa shape index (κ2) is 7.13. The summed E-state index contributed by atoms with van der Waals surface area (Å²) in [6.07, 6.45) is 8.66. The first kappa shape index (κ1) is 13.9. The van der Waals surface area contributed by atoms with Gasteiger partial charge >= 0.3 is 6.03 Å². The molecule has 0 saturated carbocycles. The SMILES string of the molecule is O=C(NCC1CC=CCC1)NNC(=O)C1CCCO1. The van der Waals surface area contributed by atoms with Gasteiger partial charge in [-0.15, -0.1) is 0 Å². The second-order valence-corrected chi connectivity index (χ2v) is 4.98. The maximum atomic E-state index is 11.6. The van der Waals surface area contributed by atoms with Crippen molar-refractivity contribution >= 4 is 11.9 Å². The van der Waals surface area contributed by atoms with Crippen LogP contribution in [0.2, 0.25) is 0 Å². The van der Waals surface area contributed by atoms with Crippen LogP contribution in [0.4, 0.5) is 4.79 Å². The highest BCUT2D eigenvalue weighted by atomic mass is 16.5. The largest absolute Gasteiger partial charge is 0.368 e. The Morgan fingerprint density at radius 1 is 1.21 bits per heavy atom. The van der Waals surface area contributed by atoms with Crippen LogP contribution in [0.25, 0.3) is 0 Å². The van der Waals surface area contributed by atoms with Crippen molar-refractivity contribution < 1.29 is 14.3 Å². The summed E-state index contributed by atoms with van der Waals surface area (Å²) in [4.78, 5) is 23.1. The maximum Gasteiger partial charge on any atom is 0.333 e. The first-order valence-corrected chi connectivity index (χ1v) is 6.86. The van der Waals surface area contributed by atoms with E-state index >= 15 is 0 Å². The van der Waals surface area contributed by atoms with Crippen LogP contribution in [0.1, 0.15) is 32.1 Å². The van der Waals surface area contributed by atoms with E-state index in [1.54, 1.807) is 0 Å². The van der Waals surface area contributed by atoms with Crippen LogP contribution in [-0.4, -0.2) is 31.2 Å². The lowest BCUT2D eigenvalue weighted by Gasteiger charge is -2.18.